The van der Waals surface area contributed by atoms with E-state index in [9.17, 15) is 32.4 Å². The predicted molar refractivity (Wildman–Crippen MR) is 202 cm³/mol. The lowest BCUT2D eigenvalue weighted by atomic mass is 9.81. The first-order chi connectivity index (χ1) is 26.0. The summed E-state index contributed by atoms with van der Waals surface area (Å²) in [6.07, 6.45) is 8.06. The molecule has 3 aliphatic heterocycles. The van der Waals surface area contributed by atoms with Crippen LogP contribution in [0.4, 0.5) is 9.59 Å². The molecule has 15 heteroatoms. The average molecular weight is 782 g/mol. The van der Waals surface area contributed by atoms with Gasteiger partial charge in [-0.3, -0.25) is 24.0 Å². The molecule has 5 amide bonds. The van der Waals surface area contributed by atoms with Crippen molar-refractivity contribution in [1.82, 2.24) is 25.2 Å². The molecule has 1 aromatic carbocycles. The summed E-state index contributed by atoms with van der Waals surface area (Å²) in [6.45, 7) is 10.1. The van der Waals surface area contributed by atoms with Crippen molar-refractivity contribution in [1.29, 1.82) is 0 Å². The number of benzene rings is 1. The number of hydrogen-bond acceptors (Lipinski definition) is 9. The first-order valence-corrected chi connectivity index (χ1v) is 21.4. The lowest BCUT2D eigenvalue weighted by Gasteiger charge is -2.36. The summed E-state index contributed by atoms with van der Waals surface area (Å²) in [5.41, 5.74) is 0.849. The van der Waals surface area contributed by atoms with E-state index in [1.54, 1.807) is 25.7 Å². The third-order valence-corrected chi connectivity index (χ3v) is 14.5. The summed E-state index contributed by atoms with van der Waals surface area (Å²) < 4.78 is 39.5. The fourth-order valence-electron chi connectivity index (χ4n) is 9.07. The Bertz CT molecular complexity index is 1850. The van der Waals surface area contributed by atoms with Gasteiger partial charge in [-0.2, -0.15) is 0 Å². The number of fused-ring (bicyclic) bond motifs is 3. The van der Waals surface area contributed by atoms with Gasteiger partial charge in [0.15, 0.2) is 0 Å². The first kappa shape index (κ1) is 39.1. The molecule has 1 aromatic rings. The van der Waals surface area contributed by atoms with Crippen molar-refractivity contribution < 1.29 is 41.9 Å². The number of carbonyl (C=O) groups excluding carboxylic acids is 5. The van der Waals surface area contributed by atoms with Crippen LogP contribution in [0.25, 0.3) is 0 Å². The van der Waals surface area contributed by atoms with E-state index in [1.165, 1.54) is 16.5 Å². The number of rotatable bonds is 6. The van der Waals surface area contributed by atoms with E-state index in [2.05, 4.69) is 28.0 Å². The Morgan fingerprint density at radius 2 is 1.71 bits per heavy atom. The summed E-state index contributed by atoms with van der Waals surface area (Å²) >= 11 is 0. The lowest BCUT2D eigenvalue weighted by molar-refractivity contribution is -0.143. The zero-order valence-electron chi connectivity index (χ0n) is 32.2. The van der Waals surface area contributed by atoms with E-state index in [4.69, 9.17) is 9.47 Å². The zero-order valence-corrected chi connectivity index (χ0v) is 33.0. The molecular formula is C40H55N5O9S. The normalized spacial score (nSPS) is 29.9. The molecule has 5 atom stereocenters. The van der Waals surface area contributed by atoms with Crippen molar-refractivity contribution in [3.8, 4) is 0 Å². The number of nitrogens with zero attached hydrogens (tertiary/aromatic N) is 2. The molecule has 7 rings (SSSR count). The van der Waals surface area contributed by atoms with E-state index in [0.29, 0.717) is 25.9 Å². The Hall–Kier alpha value is -4.14. The lowest BCUT2D eigenvalue weighted by Crippen LogP contribution is -2.60. The minimum absolute atomic E-state index is 0.0734. The van der Waals surface area contributed by atoms with Crippen molar-refractivity contribution in [2.75, 3.05) is 13.2 Å². The average Bonchev–Trinajstić information content (AvgIpc) is 3.94. The van der Waals surface area contributed by atoms with Gasteiger partial charge in [0, 0.05) is 30.8 Å². The molecule has 300 valence electrons. The Morgan fingerprint density at radius 3 is 2.36 bits per heavy atom. The van der Waals surface area contributed by atoms with Gasteiger partial charge in [-0.25, -0.2) is 18.0 Å². The summed E-state index contributed by atoms with van der Waals surface area (Å²) in [5.74, 6) is -2.67. The van der Waals surface area contributed by atoms with Crippen LogP contribution in [0.2, 0.25) is 0 Å². The van der Waals surface area contributed by atoms with Crippen LogP contribution in [0, 0.1) is 16.7 Å². The Kier molecular flexibility index (Phi) is 10.5. The maximum Gasteiger partial charge on any atom is 0.410 e. The van der Waals surface area contributed by atoms with Crippen LogP contribution >= 0.6 is 0 Å². The van der Waals surface area contributed by atoms with Crippen LogP contribution in [0.1, 0.15) is 108 Å². The minimum Gasteiger partial charge on any atom is -0.449 e. The van der Waals surface area contributed by atoms with Crippen molar-refractivity contribution in [3.63, 3.8) is 0 Å². The number of nitrogens with one attached hydrogen (secondary N) is 3. The maximum absolute atomic E-state index is 14.6. The molecule has 3 heterocycles. The molecule has 1 spiro atoms. The topological polar surface area (TPSA) is 181 Å². The second-order valence-electron chi connectivity index (χ2n) is 17.8. The standard InChI is InChI=1S/C40H55N5O9S/c1-5-27-20-40(27,35(48)43-55(51,52)29-14-15-29)42-33(46)31-19-28-22-45(31)34(47)32(38(2,3)4)41-36(49)53-24-39(17-8-9-18-39)16-7-6-11-25-12-10-13-26-21-44(23-30(25)26)37(50)54-28/h5,10,12-13,27-29,31-32H,1,6-9,11,14-24H2,2-4H3,(H,41,49)(H,42,46)(H,43,48)/t27-,28-,31+,32-,40-/m1/s1. The van der Waals surface area contributed by atoms with E-state index < -0.39 is 80.2 Å². The second kappa shape index (κ2) is 14.7. The number of cyclic esters (lactones) is 1. The van der Waals surface area contributed by atoms with Gasteiger partial charge in [-0.15, -0.1) is 6.58 Å². The summed E-state index contributed by atoms with van der Waals surface area (Å²) in [5, 5.41) is 4.93. The number of carbonyl (C=O) groups is 5. The minimum atomic E-state index is -3.91. The number of amides is 5. The summed E-state index contributed by atoms with van der Waals surface area (Å²) in [7, 11) is -3.91. The van der Waals surface area contributed by atoms with Crippen molar-refractivity contribution in [3.05, 3.63) is 47.5 Å². The van der Waals surface area contributed by atoms with E-state index in [0.717, 1.165) is 62.5 Å². The molecule has 1 saturated heterocycles. The van der Waals surface area contributed by atoms with Crippen LogP contribution in [0.15, 0.2) is 30.9 Å². The first-order valence-electron chi connectivity index (χ1n) is 19.8. The fourth-order valence-corrected chi connectivity index (χ4v) is 10.4. The fraction of sp³-hybridized carbons (Fsp3) is 0.675. The SMILES string of the molecule is C=C[C@@H]1C[C@]1(NC(=O)[C@@H]1C[C@@H]2CN1C(=O)[C@H](C(C)(C)C)NC(=O)OCC1(CCCCc3cccc4c3CN(C4)C(=O)O2)CCCC1)C(=O)NS(=O)(=O)C1CC1. The van der Waals surface area contributed by atoms with Gasteiger partial charge < -0.3 is 25.0 Å². The quantitative estimate of drug-likeness (QED) is 0.357. The summed E-state index contributed by atoms with van der Waals surface area (Å²) in [6, 6.07) is 3.82. The monoisotopic (exact) mass is 781 g/mol. The number of sulfonamides is 1. The third kappa shape index (κ3) is 8.08. The highest BCUT2D eigenvalue weighted by Crippen LogP contribution is 2.46. The summed E-state index contributed by atoms with van der Waals surface area (Å²) in [4.78, 5) is 72.6. The molecular weight excluding hydrogens is 727 g/mol. The number of alkyl carbamates (subject to hydrolysis) is 1. The van der Waals surface area contributed by atoms with Gasteiger partial charge in [-0.05, 0) is 73.5 Å². The van der Waals surface area contributed by atoms with Gasteiger partial charge in [-0.1, -0.05) is 64.3 Å². The number of hydrogen-bond donors (Lipinski definition) is 3. The molecule has 0 unspecified atom stereocenters. The number of aryl methyl sites for hydroxylation is 1. The van der Waals surface area contributed by atoms with Crippen LogP contribution < -0.4 is 15.4 Å². The highest BCUT2D eigenvalue weighted by atomic mass is 32.2. The molecule has 0 aromatic heterocycles. The molecule has 3 aliphatic carbocycles. The maximum atomic E-state index is 14.6. The molecule has 14 nitrogen and oxygen atoms in total. The largest absolute Gasteiger partial charge is 0.449 e. The van der Waals surface area contributed by atoms with Gasteiger partial charge in [0.2, 0.25) is 21.8 Å². The van der Waals surface area contributed by atoms with Gasteiger partial charge in [0.05, 0.1) is 18.4 Å². The molecule has 3 saturated carbocycles. The van der Waals surface area contributed by atoms with Crippen LogP contribution in [-0.2, 0) is 53.4 Å². The molecule has 4 bridgehead atoms. The van der Waals surface area contributed by atoms with Crippen molar-refractivity contribution >= 4 is 39.9 Å². The highest BCUT2D eigenvalue weighted by molar-refractivity contribution is 7.91. The second-order valence-corrected chi connectivity index (χ2v) is 19.7. The zero-order chi connectivity index (χ0) is 39.3. The smallest absolute Gasteiger partial charge is 0.410 e. The predicted octanol–water partition coefficient (Wildman–Crippen LogP) is 4.21. The molecule has 55 heavy (non-hydrogen) atoms. The highest BCUT2D eigenvalue weighted by Gasteiger charge is 2.62. The van der Waals surface area contributed by atoms with E-state index >= 15 is 0 Å². The van der Waals surface area contributed by atoms with Gasteiger partial charge in [0.1, 0.15) is 23.7 Å². The molecule has 0 radical (unpaired) electrons. The van der Waals surface area contributed by atoms with E-state index in [-0.39, 0.29) is 31.4 Å². The Labute approximate surface area is 323 Å². The molecule has 3 N–H and O–H groups in total. The molecule has 6 aliphatic rings. The van der Waals surface area contributed by atoms with Gasteiger partial charge in [0.25, 0.3) is 5.91 Å². The van der Waals surface area contributed by atoms with E-state index in [1.807, 2.05) is 12.1 Å². The number of ether oxygens (including phenoxy) is 2. The van der Waals surface area contributed by atoms with Gasteiger partial charge >= 0.3 is 12.2 Å². The van der Waals surface area contributed by atoms with Crippen molar-refractivity contribution in [2.24, 2.45) is 16.7 Å². The van der Waals surface area contributed by atoms with Crippen molar-refractivity contribution in [2.45, 2.75) is 140 Å². The molecule has 4 fully saturated rings. The third-order valence-electron chi connectivity index (χ3n) is 12.7. The van der Waals surface area contributed by atoms with Crippen LogP contribution in [0.3, 0.4) is 0 Å². The van der Waals surface area contributed by atoms with Crippen LogP contribution in [0.5, 0.6) is 0 Å². The Balaban J connectivity index is 1.17. The Morgan fingerprint density at radius 1 is 1.02 bits per heavy atom. The van der Waals surface area contributed by atoms with Crippen LogP contribution in [-0.4, -0.2) is 90.3 Å².